The normalized spacial score (nSPS) is 14.2. The molecular formula is C24H44N2O6S. The molecule has 0 saturated carbocycles. The van der Waals surface area contributed by atoms with Crippen molar-refractivity contribution < 1.29 is 29.7 Å². The molecule has 0 rings (SSSR count). The van der Waals surface area contributed by atoms with Crippen LogP contribution in [0.15, 0.2) is 12.2 Å². The number of aliphatic hydroxyl groups is 1. The molecule has 0 bridgehead atoms. The molecule has 0 spiro atoms. The zero-order valence-electron chi connectivity index (χ0n) is 20.0. The highest BCUT2D eigenvalue weighted by molar-refractivity contribution is 8.00. The molecule has 0 aromatic carbocycles. The topological polar surface area (TPSA) is 150 Å². The minimum absolute atomic E-state index is 0.107. The molecule has 9 heteroatoms. The zero-order chi connectivity index (χ0) is 24.9. The molecule has 0 aliphatic carbocycles. The SMILES string of the molecule is CCCCCCCCCCCCC=C[C@H](SCC(N)C(=O)NCC(=O)O)[C@H](O)CCC(=O)O. The summed E-state index contributed by atoms with van der Waals surface area (Å²) in [5, 5.41) is 29.8. The molecule has 3 atom stereocenters. The lowest BCUT2D eigenvalue weighted by Crippen LogP contribution is -2.44. The van der Waals surface area contributed by atoms with E-state index in [0.29, 0.717) is 0 Å². The summed E-state index contributed by atoms with van der Waals surface area (Å²) in [5.74, 6) is -2.52. The predicted molar refractivity (Wildman–Crippen MR) is 133 cm³/mol. The lowest BCUT2D eigenvalue weighted by molar-refractivity contribution is -0.138. The van der Waals surface area contributed by atoms with E-state index in [9.17, 15) is 19.5 Å². The van der Waals surface area contributed by atoms with Gasteiger partial charge in [0.05, 0.1) is 12.1 Å². The Labute approximate surface area is 202 Å². The van der Waals surface area contributed by atoms with Crippen LogP contribution in [0.4, 0.5) is 0 Å². The quantitative estimate of drug-likeness (QED) is 0.114. The minimum Gasteiger partial charge on any atom is -0.481 e. The first kappa shape index (κ1) is 31.4. The van der Waals surface area contributed by atoms with Crippen molar-refractivity contribution in [3.8, 4) is 0 Å². The third kappa shape index (κ3) is 19.6. The Morgan fingerprint density at radius 3 is 2.06 bits per heavy atom. The first-order valence-electron chi connectivity index (χ1n) is 12.2. The molecule has 1 unspecified atom stereocenters. The van der Waals surface area contributed by atoms with E-state index in [-0.39, 0.29) is 23.8 Å². The maximum atomic E-state index is 11.8. The van der Waals surface area contributed by atoms with E-state index in [0.717, 1.165) is 19.3 Å². The van der Waals surface area contributed by atoms with E-state index in [4.69, 9.17) is 15.9 Å². The number of aliphatic carboxylic acids is 2. The lowest BCUT2D eigenvalue weighted by Gasteiger charge is -2.21. The molecule has 0 fully saturated rings. The van der Waals surface area contributed by atoms with Crippen LogP contribution in [0, 0.1) is 0 Å². The van der Waals surface area contributed by atoms with Gasteiger partial charge in [0.25, 0.3) is 0 Å². The third-order valence-electron chi connectivity index (χ3n) is 5.30. The Hall–Kier alpha value is -1.58. The Bertz CT molecular complexity index is 573. The van der Waals surface area contributed by atoms with Crippen LogP contribution in [0.1, 0.15) is 90.4 Å². The monoisotopic (exact) mass is 488 g/mol. The molecule has 33 heavy (non-hydrogen) atoms. The number of carboxylic acids is 2. The molecular weight excluding hydrogens is 444 g/mol. The summed E-state index contributed by atoms with van der Waals surface area (Å²) >= 11 is 1.27. The van der Waals surface area contributed by atoms with Gasteiger partial charge in [-0.15, -0.1) is 11.8 Å². The van der Waals surface area contributed by atoms with Gasteiger partial charge in [-0.1, -0.05) is 76.9 Å². The highest BCUT2D eigenvalue weighted by Crippen LogP contribution is 2.21. The standard InChI is InChI=1S/C24H44N2O6S/c1-2-3-4-5-6-7-8-9-10-11-12-13-14-21(20(27)15-16-22(28)29)33-18-19(25)24(32)26-17-23(30)31/h13-14,19-21,27H,2-12,15-18,25H2,1H3,(H,26,32)(H,28,29)(H,30,31)/t19?,20-,21+/m1/s1. The summed E-state index contributed by atoms with van der Waals surface area (Å²) in [7, 11) is 0. The molecule has 0 aliphatic rings. The van der Waals surface area contributed by atoms with Crippen LogP contribution in [0.5, 0.6) is 0 Å². The van der Waals surface area contributed by atoms with Gasteiger partial charge in [-0.05, 0) is 19.3 Å². The average Bonchev–Trinajstić information content (AvgIpc) is 2.78. The van der Waals surface area contributed by atoms with Crippen LogP contribution >= 0.6 is 11.8 Å². The van der Waals surface area contributed by atoms with Gasteiger partial charge in [-0.2, -0.15) is 0 Å². The van der Waals surface area contributed by atoms with Gasteiger partial charge in [0.2, 0.25) is 5.91 Å². The van der Waals surface area contributed by atoms with Crippen molar-refractivity contribution >= 4 is 29.6 Å². The van der Waals surface area contributed by atoms with E-state index in [1.54, 1.807) is 0 Å². The predicted octanol–water partition coefficient (Wildman–Crippen LogP) is 3.71. The lowest BCUT2D eigenvalue weighted by atomic mass is 10.1. The largest absolute Gasteiger partial charge is 0.481 e. The van der Waals surface area contributed by atoms with Gasteiger partial charge in [0, 0.05) is 17.4 Å². The van der Waals surface area contributed by atoms with Crippen LogP contribution < -0.4 is 11.1 Å². The van der Waals surface area contributed by atoms with Crippen LogP contribution in [-0.2, 0) is 14.4 Å². The van der Waals surface area contributed by atoms with E-state index < -0.39 is 36.5 Å². The number of aliphatic hydroxyl groups excluding tert-OH is 1. The van der Waals surface area contributed by atoms with Gasteiger partial charge in [0.15, 0.2) is 0 Å². The van der Waals surface area contributed by atoms with E-state index in [2.05, 4.69) is 12.2 Å². The molecule has 0 radical (unpaired) electrons. The first-order chi connectivity index (χ1) is 15.8. The van der Waals surface area contributed by atoms with Gasteiger partial charge in [-0.3, -0.25) is 14.4 Å². The molecule has 0 saturated heterocycles. The minimum atomic E-state index is -1.15. The number of carboxylic acid groups (broad SMARTS) is 2. The number of nitrogens with one attached hydrogen (secondary N) is 1. The van der Waals surface area contributed by atoms with Crippen LogP contribution in [0.2, 0.25) is 0 Å². The Balaban J connectivity index is 4.32. The number of allylic oxidation sites excluding steroid dienone is 1. The van der Waals surface area contributed by atoms with Gasteiger partial charge in [0.1, 0.15) is 6.54 Å². The summed E-state index contributed by atoms with van der Waals surface area (Å²) in [6.45, 7) is 1.73. The van der Waals surface area contributed by atoms with Crippen molar-refractivity contribution in [2.75, 3.05) is 12.3 Å². The highest BCUT2D eigenvalue weighted by atomic mass is 32.2. The maximum absolute atomic E-state index is 11.8. The molecule has 6 N–H and O–H groups in total. The Kier molecular flexibility index (Phi) is 20.0. The fourth-order valence-electron chi connectivity index (χ4n) is 3.29. The third-order valence-corrected chi connectivity index (χ3v) is 6.71. The van der Waals surface area contributed by atoms with Crippen LogP contribution in [0.3, 0.4) is 0 Å². The summed E-state index contributed by atoms with van der Waals surface area (Å²) in [4.78, 5) is 33.2. The first-order valence-corrected chi connectivity index (χ1v) is 13.3. The van der Waals surface area contributed by atoms with Crippen molar-refractivity contribution in [1.29, 1.82) is 0 Å². The number of hydrogen-bond donors (Lipinski definition) is 5. The number of hydrogen-bond acceptors (Lipinski definition) is 6. The van der Waals surface area contributed by atoms with Crippen molar-refractivity contribution in [2.45, 2.75) is 108 Å². The molecule has 8 nitrogen and oxygen atoms in total. The Morgan fingerprint density at radius 1 is 0.939 bits per heavy atom. The second kappa shape index (κ2) is 21.0. The van der Waals surface area contributed by atoms with Crippen molar-refractivity contribution in [2.24, 2.45) is 5.73 Å². The highest BCUT2D eigenvalue weighted by Gasteiger charge is 2.21. The van der Waals surface area contributed by atoms with Gasteiger partial charge < -0.3 is 26.4 Å². The van der Waals surface area contributed by atoms with Crippen LogP contribution in [0.25, 0.3) is 0 Å². The summed E-state index contributed by atoms with van der Waals surface area (Å²) in [6.07, 6.45) is 16.5. The molecule has 1 amide bonds. The average molecular weight is 489 g/mol. The summed E-state index contributed by atoms with van der Waals surface area (Å²) in [5.41, 5.74) is 5.82. The molecule has 0 heterocycles. The van der Waals surface area contributed by atoms with E-state index in [1.165, 1.54) is 63.1 Å². The fraction of sp³-hybridized carbons (Fsp3) is 0.792. The van der Waals surface area contributed by atoms with Crippen LogP contribution in [-0.4, -0.2) is 62.9 Å². The van der Waals surface area contributed by atoms with E-state index >= 15 is 0 Å². The molecule has 192 valence electrons. The van der Waals surface area contributed by atoms with Crippen molar-refractivity contribution in [3.63, 3.8) is 0 Å². The second-order valence-electron chi connectivity index (χ2n) is 8.41. The number of thioether (sulfide) groups is 1. The second-order valence-corrected chi connectivity index (χ2v) is 9.63. The number of nitrogens with two attached hydrogens (primary N) is 1. The van der Waals surface area contributed by atoms with Gasteiger partial charge >= 0.3 is 11.9 Å². The summed E-state index contributed by atoms with van der Waals surface area (Å²) in [6, 6.07) is -0.918. The van der Waals surface area contributed by atoms with Crippen molar-refractivity contribution in [1.82, 2.24) is 5.32 Å². The maximum Gasteiger partial charge on any atom is 0.322 e. The molecule has 0 aliphatic heterocycles. The van der Waals surface area contributed by atoms with Crippen molar-refractivity contribution in [3.05, 3.63) is 12.2 Å². The fourth-order valence-corrected chi connectivity index (χ4v) is 4.46. The number of carbonyl (C=O) groups is 3. The molecule has 0 aromatic rings. The Morgan fingerprint density at radius 2 is 1.52 bits per heavy atom. The smallest absolute Gasteiger partial charge is 0.322 e. The zero-order valence-corrected chi connectivity index (χ0v) is 20.9. The number of carbonyl (C=O) groups excluding carboxylic acids is 1. The molecule has 0 aromatic heterocycles. The number of amides is 1. The van der Waals surface area contributed by atoms with E-state index in [1.807, 2.05) is 12.2 Å². The number of rotatable bonds is 22. The van der Waals surface area contributed by atoms with Gasteiger partial charge in [-0.25, -0.2) is 0 Å². The summed E-state index contributed by atoms with van der Waals surface area (Å²) < 4.78 is 0. The number of unbranched alkanes of at least 4 members (excludes halogenated alkanes) is 10.